The summed E-state index contributed by atoms with van der Waals surface area (Å²) in [6, 6.07) is 0. The summed E-state index contributed by atoms with van der Waals surface area (Å²) >= 11 is 0. The molecule has 3 N–H and O–H groups in total. The van der Waals surface area contributed by atoms with Crippen molar-refractivity contribution in [2.75, 3.05) is 25.8 Å². The van der Waals surface area contributed by atoms with Gasteiger partial charge in [0.15, 0.2) is 18.3 Å². The van der Waals surface area contributed by atoms with Gasteiger partial charge in [-0.1, -0.05) is 0 Å². The van der Waals surface area contributed by atoms with Crippen molar-refractivity contribution in [2.45, 2.75) is 37.9 Å². The lowest BCUT2D eigenvalue weighted by Gasteiger charge is -2.31. The Morgan fingerprint density at radius 2 is 2.27 bits per heavy atom. The van der Waals surface area contributed by atoms with Gasteiger partial charge in [-0.05, 0) is 13.8 Å². The predicted octanol–water partition coefficient (Wildman–Crippen LogP) is 0.263. The summed E-state index contributed by atoms with van der Waals surface area (Å²) < 4.78 is 12.9. The van der Waals surface area contributed by atoms with Gasteiger partial charge < -0.3 is 24.3 Å². The molecule has 10 nitrogen and oxygen atoms in total. The summed E-state index contributed by atoms with van der Waals surface area (Å²) in [4.78, 5) is 25.1. The number of aromatic nitrogens is 3. The summed E-state index contributed by atoms with van der Waals surface area (Å²) in [5, 5.41) is 20.4. The fourth-order valence-corrected chi connectivity index (χ4v) is 3.20. The van der Waals surface area contributed by atoms with Crippen LogP contribution in [0.25, 0.3) is 11.0 Å². The van der Waals surface area contributed by atoms with Crippen molar-refractivity contribution < 1.29 is 29.3 Å². The van der Waals surface area contributed by atoms with Gasteiger partial charge >= 0.3 is 0 Å². The summed E-state index contributed by atoms with van der Waals surface area (Å²) in [6.45, 7) is 3.51. The monoisotopic (exact) mass is 366 g/mol. The van der Waals surface area contributed by atoms with Crippen molar-refractivity contribution in [1.29, 1.82) is 0 Å². The van der Waals surface area contributed by atoms with Crippen molar-refractivity contribution in [3.63, 3.8) is 0 Å². The second-order valence-electron chi connectivity index (χ2n) is 6.11. The molecule has 1 fully saturated rings. The Hall–Kier alpha value is -2.11. The summed E-state index contributed by atoms with van der Waals surface area (Å²) in [6.07, 6.45) is 0.850. The van der Waals surface area contributed by atoms with Gasteiger partial charge in [0.25, 0.3) is 0 Å². The highest BCUT2D eigenvalue weighted by Gasteiger charge is 2.54. The second kappa shape index (κ2) is 7.25. The van der Waals surface area contributed by atoms with Crippen molar-refractivity contribution in [1.82, 2.24) is 14.5 Å². The first-order valence-electron chi connectivity index (χ1n) is 8.19. The average Bonchev–Trinajstić information content (AvgIpc) is 3.16. The third-order valence-electron chi connectivity index (χ3n) is 4.68. The van der Waals surface area contributed by atoms with Gasteiger partial charge in [-0.2, -0.15) is 0 Å². The number of fused-ring (bicyclic) bond motifs is 1. The molecule has 1 aliphatic rings. The Morgan fingerprint density at radius 1 is 1.50 bits per heavy atom. The molecule has 0 aliphatic carbocycles. The highest BCUT2D eigenvalue weighted by molar-refractivity contribution is 6.01. The smallest absolute Gasteiger partial charge is 0.167 e. The summed E-state index contributed by atoms with van der Waals surface area (Å²) in [5.41, 5.74) is 2.27. The van der Waals surface area contributed by atoms with Crippen LogP contribution in [-0.2, 0) is 14.3 Å². The molecule has 0 spiro atoms. The SMILES string of the molecule is CCONc1ncnc2c1c(C=O)cn2[C@@H]1OC(CO)C(O)[C@@]1(C)OC. The zero-order valence-electron chi connectivity index (χ0n) is 14.7. The number of aliphatic hydroxyl groups excluding tert-OH is 2. The van der Waals surface area contributed by atoms with Crippen LogP contribution in [0.3, 0.4) is 0 Å². The van der Waals surface area contributed by atoms with Crippen LogP contribution in [0.5, 0.6) is 0 Å². The van der Waals surface area contributed by atoms with Crippen LogP contribution < -0.4 is 5.48 Å². The highest BCUT2D eigenvalue weighted by Crippen LogP contribution is 2.42. The van der Waals surface area contributed by atoms with Crippen LogP contribution >= 0.6 is 0 Å². The molecule has 26 heavy (non-hydrogen) atoms. The van der Waals surface area contributed by atoms with E-state index in [4.69, 9.17) is 14.3 Å². The number of nitrogens with one attached hydrogen (secondary N) is 1. The number of aliphatic hydroxyl groups is 2. The number of carbonyl (C=O) groups excluding carboxylic acids is 1. The molecule has 4 atom stereocenters. The number of rotatable bonds is 7. The van der Waals surface area contributed by atoms with Gasteiger partial charge in [0, 0.05) is 18.9 Å². The lowest BCUT2D eigenvalue weighted by Crippen LogP contribution is -2.46. The molecular weight excluding hydrogens is 344 g/mol. The molecule has 3 rings (SSSR count). The Kier molecular flexibility index (Phi) is 5.21. The maximum Gasteiger partial charge on any atom is 0.167 e. The molecule has 10 heteroatoms. The van der Waals surface area contributed by atoms with Gasteiger partial charge in [0.05, 0.1) is 18.6 Å². The van der Waals surface area contributed by atoms with Gasteiger partial charge in [-0.3, -0.25) is 9.63 Å². The minimum Gasteiger partial charge on any atom is -0.394 e. The number of aldehydes is 1. The molecule has 1 saturated heterocycles. The first-order valence-corrected chi connectivity index (χ1v) is 8.19. The normalized spacial score (nSPS) is 28.6. The average molecular weight is 366 g/mol. The zero-order chi connectivity index (χ0) is 18.9. The van der Waals surface area contributed by atoms with E-state index in [0.29, 0.717) is 35.3 Å². The number of methoxy groups -OCH3 is 1. The van der Waals surface area contributed by atoms with E-state index in [0.717, 1.165) is 0 Å². The molecule has 142 valence electrons. The van der Waals surface area contributed by atoms with E-state index < -0.39 is 24.0 Å². The first-order chi connectivity index (χ1) is 12.5. The van der Waals surface area contributed by atoms with E-state index in [9.17, 15) is 15.0 Å². The number of ether oxygens (including phenoxy) is 2. The number of hydrogen-bond acceptors (Lipinski definition) is 9. The Labute approximate surface area is 149 Å². The first kappa shape index (κ1) is 18.7. The third kappa shape index (κ3) is 2.75. The molecule has 0 bridgehead atoms. The van der Waals surface area contributed by atoms with Crippen molar-refractivity contribution in [3.8, 4) is 0 Å². The van der Waals surface area contributed by atoms with Crippen LogP contribution in [0.2, 0.25) is 0 Å². The van der Waals surface area contributed by atoms with Crippen molar-refractivity contribution in [3.05, 3.63) is 18.1 Å². The number of nitrogens with zero attached hydrogens (tertiary/aromatic N) is 3. The third-order valence-corrected chi connectivity index (χ3v) is 4.68. The molecule has 2 unspecified atom stereocenters. The zero-order valence-corrected chi connectivity index (χ0v) is 14.7. The lowest BCUT2D eigenvalue weighted by molar-refractivity contribution is -0.118. The molecule has 2 aromatic heterocycles. The Morgan fingerprint density at radius 3 is 2.88 bits per heavy atom. The Bertz CT molecular complexity index is 796. The molecule has 0 radical (unpaired) electrons. The van der Waals surface area contributed by atoms with E-state index in [2.05, 4.69) is 15.4 Å². The van der Waals surface area contributed by atoms with E-state index in [-0.39, 0.29) is 6.61 Å². The van der Waals surface area contributed by atoms with Gasteiger partial charge in [-0.25, -0.2) is 15.4 Å². The van der Waals surface area contributed by atoms with Crippen molar-refractivity contribution in [2.24, 2.45) is 0 Å². The fourth-order valence-electron chi connectivity index (χ4n) is 3.20. The maximum absolute atomic E-state index is 11.6. The van der Waals surface area contributed by atoms with Crippen molar-refractivity contribution >= 4 is 23.1 Å². The van der Waals surface area contributed by atoms with Gasteiger partial charge in [-0.15, -0.1) is 0 Å². The van der Waals surface area contributed by atoms with Crippen LogP contribution in [-0.4, -0.2) is 69.2 Å². The van der Waals surface area contributed by atoms with Gasteiger partial charge in [0.1, 0.15) is 29.8 Å². The van der Waals surface area contributed by atoms with E-state index in [1.54, 1.807) is 17.7 Å². The topological polar surface area (TPSA) is 128 Å². The molecule has 2 aromatic rings. The summed E-state index contributed by atoms with van der Waals surface area (Å²) in [5.74, 6) is 0.342. The molecule has 1 aliphatic heterocycles. The molecule has 0 aromatic carbocycles. The van der Waals surface area contributed by atoms with E-state index in [1.807, 2.05) is 6.92 Å². The molecule has 3 heterocycles. The van der Waals surface area contributed by atoms with E-state index >= 15 is 0 Å². The summed E-state index contributed by atoms with van der Waals surface area (Å²) in [7, 11) is 1.45. The van der Waals surface area contributed by atoms with Crippen LogP contribution in [0.15, 0.2) is 12.5 Å². The predicted molar refractivity (Wildman–Crippen MR) is 90.6 cm³/mol. The number of carbonyl (C=O) groups is 1. The molecule has 0 amide bonds. The molecular formula is C16H22N4O6. The van der Waals surface area contributed by atoms with Crippen LogP contribution in [0.4, 0.5) is 5.82 Å². The fraction of sp³-hybridized carbons (Fsp3) is 0.562. The maximum atomic E-state index is 11.6. The van der Waals surface area contributed by atoms with E-state index in [1.165, 1.54) is 13.4 Å². The van der Waals surface area contributed by atoms with Gasteiger partial charge in [0.2, 0.25) is 0 Å². The van der Waals surface area contributed by atoms with Crippen LogP contribution in [0.1, 0.15) is 30.4 Å². The lowest BCUT2D eigenvalue weighted by atomic mass is 9.96. The minimum absolute atomic E-state index is 0.326. The Balaban J connectivity index is 2.15. The number of hydrogen-bond donors (Lipinski definition) is 3. The standard InChI is InChI=1S/C16H22N4O6/c1-4-25-19-13-11-9(6-21)5-20(14(11)18-8-17-13)15-16(2,24-3)12(23)10(7-22)26-15/h5-6,8,10,12,15,22-23H,4,7H2,1-3H3,(H,17,18,19)/t10?,12?,15-,16-/m1/s1. The quantitative estimate of drug-likeness (QED) is 0.467. The number of anilines is 1. The minimum atomic E-state index is -1.15. The van der Waals surface area contributed by atoms with Crippen LogP contribution in [0, 0.1) is 0 Å². The highest BCUT2D eigenvalue weighted by atomic mass is 16.6. The second-order valence-corrected chi connectivity index (χ2v) is 6.11. The molecule has 0 saturated carbocycles. The largest absolute Gasteiger partial charge is 0.394 e.